The Morgan fingerprint density at radius 3 is 2.83 bits per heavy atom. The Morgan fingerprint density at radius 2 is 2.17 bits per heavy atom. The predicted octanol–water partition coefficient (Wildman–Crippen LogP) is 1.47. The van der Waals surface area contributed by atoms with Crippen LogP contribution >= 0.6 is 11.5 Å². The lowest BCUT2D eigenvalue weighted by Gasteiger charge is -2.25. The first-order valence-electron chi connectivity index (χ1n) is 6.48. The van der Waals surface area contributed by atoms with Crippen molar-refractivity contribution in [3.05, 3.63) is 5.82 Å². The molecule has 0 spiro atoms. The Hall–Kier alpha value is -1.17. The molecule has 0 aromatic carbocycles. The molecule has 0 bridgehead atoms. The zero-order valence-electron chi connectivity index (χ0n) is 10.8. The highest BCUT2D eigenvalue weighted by Gasteiger charge is 2.35. The number of anilines is 1. The van der Waals surface area contributed by atoms with Gasteiger partial charge in [0, 0.05) is 38.1 Å². The predicted molar refractivity (Wildman–Crippen MR) is 70.9 cm³/mol. The van der Waals surface area contributed by atoms with Crippen LogP contribution in [-0.4, -0.2) is 46.8 Å². The van der Waals surface area contributed by atoms with Gasteiger partial charge in [-0.2, -0.15) is 4.37 Å². The van der Waals surface area contributed by atoms with E-state index in [2.05, 4.69) is 14.3 Å². The third-order valence-electron chi connectivity index (χ3n) is 3.60. The van der Waals surface area contributed by atoms with Crippen molar-refractivity contribution in [2.45, 2.75) is 37.6 Å². The summed E-state index contributed by atoms with van der Waals surface area (Å²) < 4.78 is 4.43. The summed E-state index contributed by atoms with van der Waals surface area (Å²) in [4.78, 5) is 20.5. The topological polar surface area (TPSA) is 49.3 Å². The normalized spacial score (nSPS) is 23.4. The SMILES string of the molecule is CN(C)C(=O)C1CCCN1c1nc(C2CC2)ns1. The zero-order valence-corrected chi connectivity index (χ0v) is 11.6. The van der Waals surface area contributed by atoms with Gasteiger partial charge in [-0.3, -0.25) is 4.79 Å². The van der Waals surface area contributed by atoms with Crippen molar-refractivity contribution >= 4 is 22.6 Å². The first-order valence-corrected chi connectivity index (χ1v) is 7.25. The summed E-state index contributed by atoms with van der Waals surface area (Å²) in [5, 5.41) is 0.926. The quantitative estimate of drug-likeness (QED) is 0.831. The second-order valence-electron chi connectivity index (χ2n) is 5.29. The van der Waals surface area contributed by atoms with Crippen LogP contribution < -0.4 is 4.90 Å². The maximum absolute atomic E-state index is 12.1. The molecule has 1 aromatic rings. The smallest absolute Gasteiger partial charge is 0.244 e. The molecule has 2 fully saturated rings. The number of likely N-dealkylation sites (N-methyl/N-ethyl adjacent to an activating group) is 1. The van der Waals surface area contributed by atoms with Crippen molar-refractivity contribution in [1.29, 1.82) is 0 Å². The van der Waals surface area contributed by atoms with Crippen LogP contribution in [0, 0.1) is 0 Å². The fourth-order valence-corrected chi connectivity index (χ4v) is 3.22. The van der Waals surface area contributed by atoms with E-state index < -0.39 is 0 Å². The van der Waals surface area contributed by atoms with Gasteiger partial charge in [0.05, 0.1) is 0 Å². The molecular weight excluding hydrogens is 248 g/mol. The Morgan fingerprint density at radius 1 is 1.39 bits per heavy atom. The minimum atomic E-state index is -0.0417. The summed E-state index contributed by atoms with van der Waals surface area (Å²) in [5.41, 5.74) is 0. The highest BCUT2D eigenvalue weighted by molar-refractivity contribution is 7.09. The van der Waals surface area contributed by atoms with Crippen LogP contribution in [0.3, 0.4) is 0 Å². The summed E-state index contributed by atoms with van der Waals surface area (Å²) in [6.45, 7) is 0.920. The van der Waals surface area contributed by atoms with E-state index in [9.17, 15) is 4.79 Å². The van der Waals surface area contributed by atoms with Crippen LogP contribution in [0.2, 0.25) is 0 Å². The molecule has 3 rings (SSSR count). The lowest BCUT2D eigenvalue weighted by Crippen LogP contribution is -2.42. The van der Waals surface area contributed by atoms with E-state index in [0.29, 0.717) is 5.92 Å². The summed E-state index contributed by atoms with van der Waals surface area (Å²) in [7, 11) is 3.63. The van der Waals surface area contributed by atoms with E-state index in [1.54, 1.807) is 4.90 Å². The summed E-state index contributed by atoms with van der Waals surface area (Å²) in [6.07, 6.45) is 4.42. The number of hydrogen-bond acceptors (Lipinski definition) is 5. The van der Waals surface area contributed by atoms with Crippen LogP contribution in [0.1, 0.15) is 37.4 Å². The number of aromatic nitrogens is 2. The molecule has 1 aliphatic heterocycles. The number of rotatable bonds is 3. The molecule has 5 nitrogen and oxygen atoms in total. The van der Waals surface area contributed by atoms with Gasteiger partial charge in [-0.25, -0.2) is 4.98 Å². The fourth-order valence-electron chi connectivity index (χ4n) is 2.40. The van der Waals surface area contributed by atoms with Crippen molar-refractivity contribution in [2.75, 3.05) is 25.5 Å². The molecule has 2 heterocycles. The molecule has 1 aromatic heterocycles. The lowest BCUT2D eigenvalue weighted by atomic mass is 10.2. The molecule has 18 heavy (non-hydrogen) atoms. The van der Waals surface area contributed by atoms with E-state index in [-0.39, 0.29) is 11.9 Å². The second-order valence-corrected chi connectivity index (χ2v) is 6.02. The summed E-state index contributed by atoms with van der Waals surface area (Å²) in [5.74, 6) is 1.74. The van der Waals surface area contributed by atoms with Crippen molar-refractivity contribution in [3.8, 4) is 0 Å². The zero-order chi connectivity index (χ0) is 12.7. The highest BCUT2D eigenvalue weighted by Crippen LogP contribution is 2.40. The minimum Gasteiger partial charge on any atom is -0.347 e. The molecule has 1 aliphatic carbocycles. The first kappa shape index (κ1) is 11.9. The molecule has 1 unspecified atom stereocenters. The maximum Gasteiger partial charge on any atom is 0.244 e. The standard InChI is InChI=1S/C12H18N4OS/c1-15(2)11(17)9-4-3-7-16(9)12-13-10(14-18-12)8-5-6-8/h8-9H,3-7H2,1-2H3. The van der Waals surface area contributed by atoms with Gasteiger partial charge in [0.2, 0.25) is 11.0 Å². The largest absolute Gasteiger partial charge is 0.347 e. The van der Waals surface area contributed by atoms with Gasteiger partial charge in [0.1, 0.15) is 11.9 Å². The summed E-state index contributed by atoms with van der Waals surface area (Å²) in [6, 6.07) is -0.0417. The molecule has 98 valence electrons. The van der Waals surface area contributed by atoms with Gasteiger partial charge < -0.3 is 9.80 Å². The number of carbonyl (C=O) groups is 1. The van der Waals surface area contributed by atoms with Gasteiger partial charge in [-0.1, -0.05) is 0 Å². The average Bonchev–Trinajstić information content (AvgIpc) is 2.92. The van der Waals surface area contributed by atoms with Gasteiger partial charge in [0.15, 0.2) is 0 Å². The van der Waals surface area contributed by atoms with Gasteiger partial charge >= 0.3 is 0 Å². The van der Waals surface area contributed by atoms with Crippen LogP contribution in [0.4, 0.5) is 5.13 Å². The van der Waals surface area contributed by atoms with E-state index in [0.717, 1.165) is 30.3 Å². The van der Waals surface area contributed by atoms with E-state index in [1.807, 2.05) is 14.1 Å². The Balaban J connectivity index is 1.78. The van der Waals surface area contributed by atoms with Crippen LogP contribution in [0.15, 0.2) is 0 Å². The van der Waals surface area contributed by atoms with Crippen molar-refractivity contribution < 1.29 is 4.79 Å². The third-order valence-corrected chi connectivity index (χ3v) is 4.37. The maximum atomic E-state index is 12.1. The van der Waals surface area contributed by atoms with E-state index in [4.69, 9.17) is 0 Å². The second kappa shape index (κ2) is 4.50. The monoisotopic (exact) mass is 266 g/mol. The van der Waals surface area contributed by atoms with E-state index in [1.165, 1.54) is 24.4 Å². The lowest BCUT2D eigenvalue weighted by molar-refractivity contribution is -0.129. The van der Waals surface area contributed by atoms with Gasteiger partial charge in [-0.15, -0.1) is 0 Å². The number of carbonyl (C=O) groups excluding carboxylic acids is 1. The molecule has 1 saturated heterocycles. The fraction of sp³-hybridized carbons (Fsp3) is 0.750. The minimum absolute atomic E-state index is 0.0417. The molecule has 2 aliphatic rings. The number of amides is 1. The summed E-state index contributed by atoms with van der Waals surface area (Å²) >= 11 is 1.44. The number of nitrogens with zero attached hydrogens (tertiary/aromatic N) is 4. The van der Waals surface area contributed by atoms with Crippen molar-refractivity contribution in [3.63, 3.8) is 0 Å². The molecule has 1 amide bonds. The Bertz CT molecular complexity index is 455. The van der Waals surface area contributed by atoms with Crippen LogP contribution in [0.25, 0.3) is 0 Å². The number of hydrogen-bond donors (Lipinski definition) is 0. The van der Waals surface area contributed by atoms with E-state index >= 15 is 0 Å². The molecule has 6 heteroatoms. The van der Waals surface area contributed by atoms with Crippen LogP contribution in [0.5, 0.6) is 0 Å². The molecule has 1 atom stereocenters. The van der Waals surface area contributed by atoms with Crippen LogP contribution in [-0.2, 0) is 4.79 Å². The van der Waals surface area contributed by atoms with Crippen molar-refractivity contribution in [2.24, 2.45) is 0 Å². The Kier molecular flexibility index (Phi) is 2.97. The van der Waals surface area contributed by atoms with Gasteiger partial charge in [-0.05, 0) is 25.7 Å². The van der Waals surface area contributed by atoms with Crippen molar-refractivity contribution in [1.82, 2.24) is 14.3 Å². The first-order chi connectivity index (χ1) is 8.66. The molecular formula is C12H18N4OS. The molecule has 0 radical (unpaired) electrons. The molecule has 1 saturated carbocycles. The third kappa shape index (κ3) is 2.09. The Labute approximate surface area is 111 Å². The highest BCUT2D eigenvalue weighted by atomic mass is 32.1. The average molecular weight is 266 g/mol. The molecule has 0 N–H and O–H groups in total. The van der Waals surface area contributed by atoms with Gasteiger partial charge in [0.25, 0.3) is 0 Å².